The van der Waals surface area contributed by atoms with Crippen molar-refractivity contribution >= 4 is 5.52 Å². The zero-order chi connectivity index (χ0) is 29.9. The van der Waals surface area contributed by atoms with Crippen molar-refractivity contribution in [2.75, 3.05) is 32.8 Å². The van der Waals surface area contributed by atoms with Crippen LogP contribution in [0.15, 0.2) is 53.8 Å². The maximum absolute atomic E-state index is 14.3. The van der Waals surface area contributed by atoms with E-state index in [0.717, 1.165) is 21.9 Å². The maximum atomic E-state index is 14.3. The Hall–Kier alpha value is -3.65. The van der Waals surface area contributed by atoms with Crippen molar-refractivity contribution in [3.8, 4) is 5.69 Å². The van der Waals surface area contributed by atoms with Gasteiger partial charge in [-0.1, -0.05) is 12.1 Å². The van der Waals surface area contributed by atoms with E-state index in [1.165, 1.54) is 21.9 Å². The highest BCUT2D eigenvalue weighted by Crippen LogP contribution is 2.38. The lowest BCUT2D eigenvalue weighted by atomic mass is 9.75. The quantitative estimate of drug-likeness (QED) is 0.308. The molecule has 2 saturated heterocycles. The van der Waals surface area contributed by atoms with Crippen LogP contribution in [0.4, 0.5) is 26.3 Å². The molecule has 2 aliphatic rings. The molecule has 3 aromatic heterocycles. The molecule has 224 valence electrons. The number of imidazole rings is 1. The monoisotopic (exact) mass is 594 g/mol. The molecule has 8 nitrogen and oxygen atoms in total. The molecular formula is C28H28F6N6O2. The predicted molar refractivity (Wildman–Crippen MR) is 140 cm³/mol. The van der Waals surface area contributed by atoms with Gasteiger partial charge in [-0.05, 0) is 61.2 Å². The van der Waals surface area contributed by atoms with E-state index in [2.05, 4.69) is 10.2 Å². The van der Waals surface area contributed by atoms with E-state index in [1.807, 2.05) is 17.7 Å². The summed E-state index contributed by atoms with van der Waals surface area (Å²) in [7, 11) is 1.84. The van der Waals surface area contributed by atoms with Crippen LogP contribution in [0.3, 0.4) is 0 Å². The van der Waals surface area contributed by atoms with E-state index in [0.29, 0.717) is 25.3 Å². The zero-order valence-corrected chi connectivity index (χ0v) is 22.6. The molecule has 1 aromatic carbocycles. The molecule has 0 bridgehead atoms. The number of aryl methyl sites for hydroxylation is 1. The van der Waals surface area contributed by atoms with E-state index < -0.39 is 41.5 Å². The first-order chi connectivity index (χ1) is 19.8. The van der Waals surface area contributed by atoms with Gasteiger partial charge in [-0.3, -0.25) is 13.9 Å². The third-order valence-corrected chi connectivity index (χ3v) is 8.35. The second-order valence-electron chi connectivity index (χ2n) is 11.2. The SMILES string of the molecule is Cn1cnnc1CC1(c2cccc(-n3cc4c(C(F)(F)F)cc(C5CCN(CC(F)(F)F)CC5)cn4c3=O)c2)COC1. The van der Waals surface area contributed by atoms with Crippen molar-refractivity contribution in [2.45, 2.75) is 42.9 Å². The van der Waals surface area contributed by atoms with E-state index >= 15 is 0 Å². The largest absolute Gasteiger partial charge is 0.418 e. The highest BCUT2D eigenvalue weighted by Gasteiger charge is 2.42. The van der Waals surface area contributed by atoms with Gasteiger partial charge >= 0.3 is 18.0 Å². The number of nitrogens with zero attached hydrogens (tertiary/aromatic N) is 6. The summed E-state index contributed by atoms with van der Waals surface area (Å²) in [6, 6.07) is 8.12. The van der Waals surface area contributed by atoms with Crippen LogP contribution in [0.1, 0.15) is 41.3 Å². The topological polar surface area (TPSA) is 69.6 Å². The fourth-order valence-corrected chi connectivity index (χ4v) is 6.00. The lowest BCUT2D eigenvalue weighted by Crippen LogP contribution is -2.49. The Morgan fingerprint density at radius 1 is 1.05 bits per heavy atom. The number of likely N-dealkylation sites (tertiary alicyclic amines) is 1. The standard InChI is InChI=1S/C28H28F6N6O2/c1-37-17-35-36-24(37)11-26(15-42-16-26)20-3-2-4-21(10-20)39-13-23-22(28(32,33)34)9-19(12-40(23)25(39)41)18-5-7-38(8-6-18)14-27(29,30)31/h2-4,9-10,12-13,17-18H,5-8,11,14-16H2,1H3. The Labute approximate surface area is 236 Å². The van der Waals surface area contributed by atoms with Crippen molar-refractivity contribution in [3.05, 3.63) is 82.1 Å². The Kier molecular flexibility index (Phi) is 6.96. The lowest BCUT2D eigenvalue weighted by Gasteiger charge is -2.41. The summed E-state index contributed by atoms with van der Waals surface area (Å²) < 4.78 is 90.7. The average Bonchev–Trinajstić information content (AvgIpc) is 3.46. The van der Waals surface area contributed by atoms with Crippen LogP contribution < -0.4 is 5.69 Å². The predicted octanol–water partition coefficient (Wildman–Crippen LogP) is 4.49. The molecule has 42 heavy (non-hydrogen) atoms. The normalized spacial score (nSPS) is 18.5. The van der Waals surface area contributed by atoms with Crippen LogP contribution in [0.5, 0.6) is 0 Å². The summed E-state index contributed by atoms with van der Waals surface area (Å²) in [5, 5.41) is 8.10. The van der Waals surface area contributed by atoms with Crippen molar-refractivity contribution in [1.82, 2.24) is 28.6 Å². The first-order valence-electron chi connectivity index (χ1n) is 13.5. The van der Waals surface area contributed by atoms with Crippen molar-refractivity contribution in [1.29, 1.82) is 0 Å². The van der Waals surface area contributed by atoms with Crippen LogP contribution in [0.2, 0.25) is 0 Å². The molecule has 0 saturated carbocycles. The molecule has 0 aliphatic carbocycles. The van der Waals surface area contributed by atoms with Crippen LogP contribution in [-0.2, 0) is 29.8 Å². The van der Waals surface area contributed by atoms with Gasteiger partial charge < -0.3 is 9.30 Å². The number of piperidine rings is 1. The van der Waals surface area contributed by atoms with E-state index in [9.17, 15) is 31.1 Å². The molecule has 14 heteroatoms. The molecule has 4 aromatic rings. The number of aromatic nitrogens is 5. The number of halogens is 6. The molecule has 0 spiro atoms. The highest BCUT2D eigenvalue weighted by atomic mass is 19.4. The van der Waals surface area contributed by atoms with Gasteiger partial charge in [0.2, 0.25) is 0 Å². The second kappa shape index (κ2) is 10.3. The minimum absolute atomic E-state index is 0.103. The maximum Gasteiger partial charge on any atom is 0.418 e. The Bertz CT molecular complexity index is 1660. The molecule has 0 radical (unpaired) electrons. The first kappa shape index (κ1) is 28.5. The van der Waals surface area contributed by atoms with Gasteiger partial charge in [0.1, 0.15) is 12.2 Å². The molecule has 5 heterocycles. The highest BCUT2D eigenvalue weighted by molar-refractivity contribution is 5.58. The smallest absolute Gasteiger partial charge is 0.379 e. The third kappa shape index (κ3) is 5.33. The number of fused-ring (bicyclic) bond motifs is 1. The minimum atomic E-state index is -4.75. The van der Waals surface area contributed by atoms with E-state index in [4.69, 9.17) is 4.74 Å². The molecule has 2 aliphatic heterocycles. The number of rotatable bonds is 6. The van der Waals surface area contributed by atoms with Crippen molar-refractivity contribution in [2.24, 2.45) is 7.05 Å². The lowest BCUT2D eigenvalue weighted by molar-refractivity contribution is -0.148. The van der Waals surface area contributed by atoms with E-state index in [-0.39, 0.29) is 37.0 Å². The molecule has 0 amide bonds. The fourth-order valence-electron chi connectivity index (χ4n) is 6.00. The molecular weight excluding hydrogens is 566 g/mol. The number of ether oxygens (including phenoxy) is 1. The summed E-state index contributed by atoms with van der Waals surface area (Å²) in [6.07, 6.45) is -3.87. The van der Waals surface area contributed by atoms with Gasteiger partial charge in [0.05, 0.1) is 36.5 Å². The second-order valence-corrected chi connectivity index (χ2v) is 11.2. The van der Waals surface area contributed by atoms with Gasteiger partial charge in [0.25, 0.3) is 0 Å². The third-order valence-electron chi connectivity index (χ3n) is 8.35. The number of alkyl halides is 6. The summed E-state index contributed by atoms with van der Waals surface area (Å²) in [5.41, 5.74) is -0.808. The molecule has 2 fully saturated rings. The Balaban J connectivity index is 1.36. The minimum Gasteiger partial charge on any atom is -0.379 e. The van der Waals surface area contributed by atoms with Crippen LogP contribution in [-0.4, -0.2) is 67.7 Å². The van der Waals surface area contributed by atoms with Crippen LogP contribution in [0, 0.1) is 0 Å². The summed E-state index contributed by atoms with van der Waals surface area (Å²) >= 11 is 0. The zero-order valence-electron chi connectivity index (χ0n) is 22.6. The number of benzene rings is 1. The molecule has 6 rings (SSSR count). The van der Waals surface area contributed by atoms with Crippen molar-refractivity contribution in [3.63, 3.8) is 0 Å². The van der Waals surface area contributed by atoms with Crippen LogP contribution in [0.25, 0.3) is 11.2 Å². The van der Waals surface area contributed by atoms with E-state index in [1.54, 1.807) is 24.5 Å². The fraction of sp³-hybridized carbons (Fsp3) is 0.464. The van der Waals surface area contributed by atoms with Gasteiger partial charge in [0.15, 0.2) is 0 Å². The van der Waals surface area contributed by atoms with Crippen molar-refractivity contribution < 1.29 is 31.1 Å². The first-order valence-corrected chi connectivity index (χ1v) is 13.5. The summed E-state index contributed by atoms with van der Waals surface area (Å²) in [5.74, 6) is 0.347. The van der Waals surface area contributed by atoms with Gasteiger partial charge in [-0.15, -0.1) is 10.2 Å². The Morgan fingerprint density at radius 2 is 1.79 bits per heavy atom. The van der Waals surface area contributed by atoms with Gasteiger partial charge in [-0.2, -0.15) is 26.3 Å². The Morgan fingerprint density at radius 3 is 2.38 bits per heavy atom. The van der Waals surface area contributed by atoms with Gasteiger partial charge in [-0.25, -0.2) is 4.79 Å². The summed E-state index contributed by atoms with van der Waals surface area (Å²) in [4.78, 5) is 14.8. The molecule has 0 atom stereocenters. The van der Waals surface area contributed by atoms with Gasteiger partial charge in [0, 0.05) is 31.3 Å². The number of hydrogen-bond acceptors (Lipinski definition) is 5. The number of pyridine rings is 1. The van der Waals surface area contributed by atoms with Crippen LogP contribution >= 0.6 is 0 Å². The molecule has 0 unspecified atom stereocenters. The average molecular weight is 595 g/mol. The molecule has 0 N–H and O–H groups in total. The summed E-state index contributed by atoms with van der Waals surface area (Å²) in [6.45, 7) is -0.0172. The number of hydrogen-bond donors (Lipinski definition) is 0.